The predicted molar refractivity (Wildman–Crippen MR) is 185 cm³/mol. The second kappa shape index (κ2) is 15.4. The van der Waals surface area contributed by atoms with E-state index in [1.54, 1.807) is 30.3 Å². The molecule has 0 saturated carbocycles. The van der Waals surface area contributed by atoms with Gasteiger partial charge in [-0.05, 0) is 67.6 Å². The minimum Gasteiger partial charge on any atom is -0.354 e. The lowest BCUT2D eigenvalue weighted by Gasteiger charge is -2.34. The molecule has 2 amide bonds. The third-order valence-electron chi connectivity index (χ3n) is 7.76. The van der Waals surface area contributed by atoms with E-state index < -0.39 is 28.5 Å². The topological polar surface area (TPSA) is 86.8 Å². The molecule has 0 bridgehead atoms. The van der Waals surface area contributed by atoms with Gasteiger partial charge in [-0.25, -0.2) is 8.42 Å². The van der Waals surface area contributed by atoms with Crippen molar-refractivity contribution in [2.75, 3.05) is 17.4 Å². The summed E-state index contributed by atoms with van der Waals surface area (Å²) in [6, 6.07) is 27.7. The number of anilines is 1. The maximum Gasteiger partial charge on any atom is 0.264 e. The van der Waals surface area contributed by atoms with Crippen LogP contribution in [0, 0.1) is 26.7 Å². The van der Waals surface area contributed by atoms with Crippen molar-refractivity contribution in [1.82, 2.24) is 10.2 Å². The van der Waals surface area contributed by atoms with Gasteiger partial charge in [-0.2, -0.15) is 0 Å². The summed E-state index contributed by atoms with van der Waals surface area (Å²) in [4.78, 5) is 30.0. The molecule has 242 valence electrons. The standard InChI is InChI=1S/C37H42ClN3O4S/c1-26(2)23-39-37(43)35(21-30-9-7-6-8-10-30)40(24-31-16-11-27(3)12-17-31)36(42)25-41(32-18-15-29(5)34(38)22-32)46(44,45)33-19-13-28(4)14-20-33/h6-20,22,26,35H,21,23-25H2,1-5H3,(H,39,43). The van der Waals surface area contributed by atoms with Gasteiger partial charge in [0, 0.05) is 24.5 Å². The van der Waals surface area contributed by atoms with Crippen LogP contribution in [-0.2, 0) is 32.6 Å². The number of carbonyl (C=O) groups excluding carboxylic acids is 2. The fourth-order valence-corrected chi connectivity index (χ4v) is 6.55. The quantitative estimate of drug-likeness (QED) is 0.170. The Morgan fingerprint density at radius 1 is 0.804 bits per heavy atom. The Hall–Kier alpha value is -4.14. The number of hydrogen-bond donors (Lipinski definition) is 1. The van der Waals surface area contributed by atoms with Gasteiger partial charge >= 0.3 is 0 Å². The molecule has 0 aromatic heterocycles. The molecule has 0 aliphatic heterocycles. The molecule has 0 fully saturated rings. The lowest BCUT2D eigenvalue weighted by Crippen LogP contribution is -2.53. The van der Waals surface area contributed by atoms with Gasteiger partial charge in [0.1, 0.15) is 12.6 Å². The third-order valence-corrected chi connectivity index (χ3v) is 9.96. The number of benzene rings is 4. The molecule has 0 saturated heterocycles. The second-order valence-electron chi connectivity index (χ2n) is 12.1. The molecule has 1 atom stereocenters. The Bertz CT molecular complexity index is 1740. The molecular formula is C37H42ClN3O4S. The van der Waals surface area contributed by atoms with E-state index in [9.17, 15) is 18.0 Å². The van der Waals surface area contributed by atoms with Gasteiger partial charge < -0.3 is 10.2 Å². The zero-order chi connectivity index (χ0) is 33.4. The highest BCUT2D eigenvalue weighted by molar-refractivity contribution is 7.92. The van der Waals surface area contributed by atoms with E-state index in [2.05, 4.69) is 5.32 Å². The molecule has 4 aromatic rings. The van der Waals surface area contributed by atoms with E-state index in [0.717, 1.165) is 32.1 Å². The number of halogens is 1. The number of rotatable bonds is 13. The normalized spacial score (nSPS) is 12.1. The highest BCUT2D eigenvalue weighted by Gasteiger charge is 2.34. The zero-order valence-electron chi connectivity index (χ0n) is 27.0. The highest BCUT2D eigenvalue weighted by Crippen LogP contribution is 2.29. The summed E-state index contributed by atoms with van der Waals surface area (Å²) in [5, 5.41) is 3.39. The van der Waals surface area contributed by atoms with Crippen LogP contribution in [0.25, 0.3) is 0 Å². The molecule has 0 aliphatic rings. The van der Waals surface area contributed by atoms with Gasteiger partial charge in [-0.1, -0.05) is 109 Å². The maximum absolute atomic E-state index is 14.6. The summed E-state index contributed by atoms with van der Waals surface area (Å²) < 4.78 is 29.5. The van der Waals surface area contributed by atoms with Crippen molar-refractivity contribution in [3.63, 3.8) is 0 Å². The predicted octanol–water partition coefficient (Wildman–Crippen LogP) is 6.87. The summed E-state index contributed by atoms with van der Waals surface area (Å²) in [7, 11) is -4.21. The molecule has 0 aliphatic carbocycles. The van der Waals surface area contributed by atoms with Crippen molar-refractivity contribution >= 4 is 39.1 Å². The molecule has 1 N–H and O–H groups in total. The van der Waals surface area contributed by atoms with E-state index in [1.165, 1.54) is 17.0 Å². The minimum atomic E-state index is -4.21. The van der Waals surface area contributed by atoms with Crippen LogP contribution in [0.2, 0.25) is 5.02 Å². The number of carbonyl (C=O) groups is 2. The Labute approximate surface area is 278 Å². The van der Waals surface area contributed by atoms with Crippen LogP contribution >= 0.6 is 11.6 Å². The Morgan fingerprint density at radius 2 is 1.41 bits per heavy atom. The molecular weight excluding hydrogens is 618 g/mol. The zero-order valence-corrected chi connectivity index (χ0v) is 28.6. The average molecular weight is 660 g/mol. The highest BCUT2D eigenvalue weighted by atomic mass is 35.5. The number of aryl methyl sites for hydroxylation is 3. The third kappa shape index (κ3) is 8.98. The largest absolute Gasteiger partial charge is 0.354 e. The number of nitrogens with zero attached hydrogens (tertiary/aromatic N) is 2. The first-order valence-corrected chi connectivity index (χ1v) is 17.2. The van der Waals surface area contributed by atoms with Crippen molar-refractivity contribution in [2.45, 2.75) is 58.5 Å². The number of sulfonamides is 1. The molecule has 46 heavy (non-hydrogen) atoms. The molecule has 7 nitrogen and oxygen atoms in total. The summed E-state index contributed by atoms with van der Waals surface area (Å²) in [5.74, 6) is -0.623. The average Bonchev–Trinajstić information content (AvgIpc) is 3.03. The number of amides is 2. The molecule has 4 aromatic carbocycles. The van der Waals surface area contributed by atoms with Crippen molar-refractivity contribution < 1.29 is 18.0 Å². The van der Waals surface area contributed by atoms with Gasteiger partial charge in [0.2, 0.25) is 11.8 Å². The molecule has 9 heteroatoms. The van der Waals surface area contributed by atoms with Crippen molar-refractivity contribution in [3.8, 4) is 0 Å². The van der Waals surface area contributed by atoms with Gasteiger partial charge in [-0.3, -0.25) is 13.9 Å². The van der Waals surface area contributed by atoms with Gasteiger partial charge in [-0.15, -0.1) is 0 Å². The number of hydrogen-bond acceptors (Lipinski definition) is 4. The molecule has 1 unspecified atom stereocenters. The number of nitrogens with one attached hydrogen (secondary N) is 1. The molecule has 0 heterocycles. The Balaban J connectivity index is 1.81. The van der Waals surface area contributed by atoms with Gasteiger partial charge in [0.25, 0.3) is 10.0 Å². The van der Waals surface area contributed by atoms with E-state index in [1.807, 2.05) is 89.2 Å². The van der Waals surface area contributed by atoms with Crippen LogP contribution in [0.4, 0.5) is 5.69 Å². The first-order valence-electron chi connectivity index (χ1n) is 15.4. The minimum absolute atomic E-state index is 0.0446. The first kappa shape index (κ1) is 34.7. The van der Waals surface area contributed by atoms with Crippen LogP contribution < -0.4 is 9.62 Å². The fourth-order valence-electron chi connectivity index (χ4n) is 4.97. The van der Waals surface area contributed by atoms with Gasteiger partial charge in [0.15, 0.2) is 0 Å². The SMILES string of the molecule is Cc1ccc(CN(C(=O)CN(c2ccc(C)c(Cl)c2)S(=O)(=O)c2ccc(C)cc2)C(Cc2ccccc2)C(=O)NCC(C)C)cc1. The Morgan fingerprint density at radius 3 is 2.00 bits per heavy atom. The monoisotopic (exact) mass is 659 g/mol. The van der Waals surface area contributed by atoms with Crippen LogP contribution in [-0.4, -0.2) is 44.3 Å². The van der Waals surface area contributed by atoms with E-state index >= 15 is 0 Å². The summed E-state index contributed by atoms with van der Waals surface area (Å²) in [6.07, 6.45) is 0.253. The van der Waals surface area contributed by atoms with Crippen LogP contribution in [0.5, 0.6) is 0 Å². The summed E-state index contributed by atoms with van der Waals surface area (Å²) in [5.41, 5.74) is 4.69. The first-order chi connectivity index (χ1) is 21.8. The van der Waals surface area contributed by atoms with Crippen molar-refractivity contribution in [2.24, 2.45) is 5.92 Å². The molecule has 4 rings (SSSR count). The maximum atomic E-state index is 14.6. The van der Waals surface area contributed by atoms with Crippen LogP contribution in [0.1, 0.15) is 41.7 Å². The molecule has 0 spiro atoms. The van der Waals surface area contributed by atoms with Crippen LogP contribution in [0.15, 0.2) is 102 Å². The molecule has 0 radical (unpaired) electrons. The lowest BCUT2D eigenvalue weighted by molar-refractivity contribution is -0.140. The van der Waals surface area contributed by atoms with E-state index in [4.69, 9.17) is 11.6 Å². The van der Waals surface area contributed by atoms with E-state index in [0.29, 0.717) is 11.6 Å². The summed E-state index contributed by atoms with van der Waals surface area (Å²) >= 11 is 6.47. The smallest absolute Gasteiger partial charge is 0.264 e. The second-order valence-corrected chi connectivity index (χ2v) is 14.4. The lowest BCUT2D eigenvalue weighted by atomic mass is 10.0. The van der Waals surface area contributed by atoms with Gasteiger partial charge in [0.05, 0.1) is 10.6 Å². The fraction of sp³-hybridized carbons (Fsp3) is 0.297. The van der Waals surface area contributed by atoms with Crippen molar-refractivity contribution in [3.05, 3.63) is 130 Å². The Kier molecular flexibility index (Phi) is 11.7. The van der Waals surface area contributed by atoms with E-state index in [-0.39, 0.29) is 35.4 Å². The summed E-state index contributed by atoms with van der Waals surface area (Å²) in [6.45, 7) is 9.69. The van der Waals surface area contributed by atoms with Crippen molar-refractivity contribution in [1.29, 1.82) is 0 Å². The van der Waals surface area contributed by atoms with Crippen LogP contribution in [0.3, 0.4) is 0 Å².